The highest BCUT2D eigenvalue weighted by Crippen LogP contribution is 2.26. The molecule has 3 aromatic heterocycles. The molecule has 0 unspecified atom stereocenters. The number of para-hydroxylation sites is 3. The minimum absolute atomic E-state index is 0.00808. The summed E-state index contributed by atoms with van der Waals surface area (Å²) in [5, 5.41) is 5.29. The van der Waals surface area contributed by atoms with Crippen molar-refractivity contribution in [1.82, 2.24) is 30.2 Å². The molecule has 5 aromatic rings. The van der Waals surface area contributed by atoms with Crippen LogP contribution in [0.15, 0.2) is 77.2 Å². The second-order valence-electron chi connectivity index (χ2n) is 9.39. The number of H-pyrrole nitrogens is 1. The summed E-state index contributed by atoms with van der Waals surface area (Å²) in [4.78, 5) is 36.5. The maximum Gasteiger partial charge on any atom is 0.271 e. The third-order valence-corrected chi connectivity index (χ3v) is 7.47. The molecule has 0 aliphatic carbocycles. The Bertz CT molecular complexity index is 1630. The first-order chi connectivity index (χ1) is 19.1. The van der Waals surface area contributed by atoms with Gasteiger partial charge in [-0.15, -0.1) is 11.3 Å². The summed E-state index contributed by atoms with van der Waals surface area (Å²) in [7, 11) is 0. The molecule has 1 amide bonds. The number of rotatable bonds is 10. The fourth-order valence-corrected chi connectivity index (χ4v) is 5.41. The molecular formula is C29H26FN7OS. The van der Waals surface area contributed by atoms with Crippen LogP contribution in [0, 0.1) is 5.82 Å². The number of imidazole rings is 1. The monoisotopic (exact) mass is 539 g/mol. The van der Waals surface area contributed by atoms with Crippen molar-refractivity contribution in [2.24, 2.45) is 4.99 Å². The Kier molecular flexibility index (Phi) is 7.20. The number of thiazole rings is 1. The van der Waals surface area contributed by atoms with Crippen LogP contribution in [-0.2, 0) is 25.9 Å². The summed E-state index contributed by atoms with van der Waals surface area (Å²) < 4.78 is 13.8. The molecule has 196 valence electrons. The number of aliphatic imine (C=N–C) groups is 1. The fraction of sp³-hybridized carbons (Fsp3) is 0.207. The van der Waals surface area contributed by atoms with Gasteiger partial charge in [0.25, 0.3) is 5.91 Å². The van der Waals surface area contributed by atoms with Gasteiger partial charge >= 0.3 is 0 Å². The number of nitrogens with zero attached hydrogens (tertiary/aromatic N) is 5. The first-order valence-corrected chi connectivity index (χ1v) is 13.6. The second kappa shape index (κ2) is 11.2. The molecule has 1 aliphatic heterocycles. The highest BCUT2D eigenvalue weighted by Gasteiger charge is 2.19. The van der Waals surface area contributed by atoms with Crippen molar-refractivity contribution in [3.8, 4) is 0 Å². The lowest BCUT2D eigenvalue weighted by Crippen LogP contribution is -2.32. The van der Waals surface area contributed by atoms with Gasteiger partial charge in [0.05, 0.1) is 40.5 Å². The van der Waals surface area contributed by atoms with Crippen molar-refractivity contribution in [1.29, 1.82) is 0 Å². The molecule has 8 nitrogen and oxygen atoms in total. The van der Waals surface area contributed by atoms with Crippen LogP contribution in [0.1, 0.15) is 32.6 Å². The molecule has 1 aliphatic rings. The van der Waals surface area contributed by atoms with Gasteiger partial charge in [-0.25, -0.2) is 14.4 Å². The summed E-state index contributed by atoms with van der Waals surface area (Å²) in [5.74, 6) is 0.101. The average Bonchev–Trinajstić information content (AvgIpc) is 3.68. The van der Waals surface area contributed by atoms with Gasteiger partial charge in [0.2, 0.25) is 0 Å². The van der Waals surface area contributed by atoms with Gasteiger partial charge in [0.15, 0.2) is 0 Å². The number of benzene rings is 2. The molecule has 4 heterocycles. The van der Waals surface area contributed by atoms with Gasteiger partial charge < -0.3 is 10.3 Å². The number of nitrogens with one attached hydrogen (secondary N) is 2. The van der Waals surface area contributed by atoms with Crippen LogP contribution in [-0.4, -0.2) is 49.5 Å². The summed E-state index contributed by atoms with van der Waals surface area (Å²) >= 11 is 1.45. The maximum atomic E-state index is 13.8. The molecule has 0 saturated heterocycles. The molecular weight excluding hydrogens is 513 g/mol. The van der Waals surface area contributed by atoms with Gasteiger partial charge in [-0.1, -0.05) is 30.3 Å². The van der Waals surface area contributed by atoms with Crippen molar-refractivity contribution in [3.05, 3.63) is 106 Å². The normalized spacial score (nSPS) is 12.6. The highest BCUT2D eigenvalue weighted by atomic mass is 32.1. The number of hydrogen-bond acceptors (Lipinski definition) is 7. The Hall–Kier alpha value is -4.28. The lowest BCUT2D eigenvalue weighted by atomic mass is 10.1. The van der Waals surface area contributed by atoms with Crippen LogP contribution in [0.5, 0.6) is 0 Å². The number of fused-ring (bicyclic) bond motifs is 2. The smallest absolute Gasteiger partial charge is 0.271 e. The Morgan fingerprint density at radius 1 is 1.05 bits per heavy atom. The van der Waals surface area contributed by atoms with E-state index < -0.39 is 5.82 Å². The van der Waals surface area contributed by atoms with E-state index in [0.29, 0.717) is 25.2 Å². The second-order valence-corrected chi connectivity index (χ2v) is 10.3. The number of amides is 1. The molecule has 2 aromatic carbocycles. The van der Waals surface area contributed by atoms with E-state index in [0.717, 1.165) is 46.2 Å². The van der Waals surface area contributed by atoms with Crippen LogP contribution >= 0.6 is 11.3 Å². The third kappa shape index (κ3) is 5.92. The number of halogens is 1. The van der Waals surface area contributed by atoms with Crippen molar-refractivity contribution in [3.63, 3.8) is 0 Å². The van der Waals surface area contributed by atoms with Crippen LogP contribution < -0.4 is 5.32 Å². The minimum atomic E-state index is -0.448. The predicted molar refractivity (Wildman–Crippen MR) is 150 cm³/mol. The number of pyridine rings is 1. The molecule has 0 atom stereocenters. The van der Waals surface area contributed by atoms with E-state index in [1.165, 1.54) is 35.2 Å². The predicted octanol–water partition coefficient (Wildman–Crippen LogP) is 4.86. The van der Waals surface area contributed by atoms with Gasteiger partial charge in [0.1, 0.15) is 17.3 Å². The van der Waals surface area contributed by atoms with E-state index in [1.807, 2.05) is 36.4 Å². The zero-order valence-electron chi connectivity index (χ0n) is 21.1. The van der Waals surface area contributed by atoms with Crippen molar-refractivity contribution < 1.29 is 9.18 Å². The van der Waals surface area contributed by atoms with Gasteiger partial charge in [0, 0.05) is 43.2 Å². The van der Waals surface area contributed by atoms with E-state index in [9.17, 15) is 9.18 Å². The molecule has 10 heteroatoms. The zero-order chi connectivity index (χ0) is 26.6. The average molecular weight is 540 g/mol. The number of carbonyl (C=O) groups is 1. The van der Waals surface area contributed by atoms with Gasteiger partial charge in [-0.3, -0.25) is 19.7 Å². The van der Waals surface area contributed by atoms with Crippen molar-refractivity contribution in [2.45, 2.75) is 25.9 Å². The Morgan fingerprint density at radius 3 is 2.79 bits per heavy atom. The summed E-state index contributed by atoms with van der Waals surface area (Å²) in [6, 6.07) is 19.1. The third-order valence-electron chi connectivity index (χ3n) is 6.56. The van der Waals surface area contributed by atoms with Crippen LogP contribution in [0.25, 0.3) is 11.0 Å². The Morgan fingerprint density at radius 2 is 1.92 bits per heavy atom. The molecule has 39 heavy (non-hydrogen) atoms. The first kappa shape index (κ1) is 25.0. The van der Waals surface area contributed by atoms with Crippen LogP contribution in [0.3, 0.4) is 0 Å². The first-order valence-electron chi connectivity index (χ1n) is 12.7. The number of aromatic nitrogens is 4. The Labute approximate surface area is 228 Å². The zero-order valence-corrected chi connectivity index (χ0v) is 21.9. The SMILES string of the molecule is O=C(NCc1ncccc1F)c1csc(CCN(CC2=Nc3ccccc3C2)Cc2nc3ccccc3[nH]2)n1. The minimum Gasteiger partial charge on any atom is -0.345 e. The lowest BCUT2D eigenvalue weighted by Gasteiger charge is -2.20. The summed E-state index contributed by atoms with van der Waals surface area (Å²) in [5.41, 5.74) is 5.88. The fourth-order valence-electron chi connectivity index (χ4n) is 4.64. The van der Waals surface area contributed by atoms with E-state index in [1.54, 1.807) is 5.38 Å². The highest BCUT2D eigenvalue weighted by molar-refractivity contribution is 7.09. The molecule has 0 radical (unpaired) electrons. The molecule has 0 spiro atoms. The van der Waals surface area contributed by atoms with E-state index in [-0.39, 0.29) is 18.1 Å². The number of hydrogen-bond donors (Lipinski definition) is 2. The summed E-state index contributed by atoms with van der Waals surface area (Å²) in [6.45, 7) is 2.08. The van der Waals surface area contributed by atoms with Gasteiger partial charge in [-0.2, -0.15) is 0 Å². The standard InChI is InChI=1S/C29H26FN7OS/c30-21-7-5-12-31-25(21)15-32-29(38)26-18-39-28(36-26)11-13-37(16-20-14-19-6-1-2-8-22(19)33-20)17-27-34-23-9-3-4-10-24(23)35-27/h1-10,12,18H,11,13-17H2,(H,32,38)(H,34,35). The van der Waals surface area contributed by atoms with E-state index in [2.05, 4.69) is 37.3 Å². The number of aromatic amines is 1. The molecule has 0 bridgehead atoms. The van der Waals surface area contributed by atoms with Crippen molar-refractivity contribution >= 4 is 39.7 Å². The van der Waals surface area contributed by atoms with E-state index >= 15 is 0 Å². The topological polar surface area (TPSA) is 99.2 Å². The molecule has 6 rings (SSSR count). The van der Waals surface area contributed by atoms with Gasteiger partial charge in [-0.05, 0) is 35.9 Å². The summed E-state index contributed by atoms with van der Waals surface area (Å²) in [6.07, 6.45) is 3.01. The van der Waals surface area contributed by atoms with Crippen LogP contribution in [0.2, 0.25) is 0 Å². The molecule has 0 saturated carbocycles. The molecule has 0 fully saturated rings. The van der Waals surface area contributed by atoms with Crippen LogP contribution in [0.4, 0.5) is 10.1 Å². The molecule has 2 N–H and O–H groups in total. The maximum absolute atomic E-state index is 13.8. The lowest BCUT2D eigenvalue weighted by molar-refractivity contribution is 0.0945. The van der Waals surface area contributed by atoms with Crippen molar-refractivity contribution in [2.75, 3.05) is 13.1 Å². The quantitative estimate of drug-likeness (QED) is 0.264. The largest absolute Gasteiger partial charge is 0.345 e. The Balaban J connectivity index is 1.12. The number of carbonyl (C=O) groups excluding carboxylic acids is 1. The van der Waals surface area contributed by atoms with E-state index in [4.69, 9.17) is 9.98 Å².